The Kier molecular flexibility index (Phi) is 5.43. The molecule has 3 aromatic rings. The summed E-state index contributed by atoms with van der Waals surface area (Å²) in [5, 5.41) is 9.06. The highest BCUT2D eigenvalue weighted by Gasteiger charge is 2.16. The van der Waals surface area contributed by atoms with Crippen molar-refractivity contribution in [3.05, 3.63) is 68.3 Å². The second-order valence-electron chi connectivity index (χ2n) is 5.39. The number of hydrogen-bond donors (Lipinski definition) is 1. The highest BCUT2D eigenvalue weighted by atomic mass is 32.1. The van der Waals surface area contributed by atoms with E-state index in [1.54, 1.807) is 29.8 Å². The van der Waals surface area contributed by atoms with Gasteiger partial charge in [0, 0.05) is 28.9 Å². The van der Waals surface area contributed by atoms with Crippen LogP contribution in [-0.2, 0) is 13.0 Å². The van der Waals surface area contributed by atoms with Crippen LogP contribution >= 0.6 is 22.7 Å². The quantitative estimate of drug-likeness (QED) is 0.680. The van der Waals surface area contributed by atoms with E-state index >= 15 is 0 Å². The van der Waals surface area contributed by atoms with Crippen molar-refractivity contribution < 1.29 is 4.74 Å². The molecule has 0 fully saturated rings. The summed E-state index contributed by atoms with van der Waals surface area (Å²) < 4.78 is 5.21. The number of hydrogen-bond acceptors (Lipinski definition) is 5. The number of thiophene rings is 1. The lowest BCUT2D eigenvalue weighted by molar-refractivity contribution is 0.414. The normalized spacial score (nSPS) is 12.3. The Bertz CT molecular complexity index is 720. The number of benzene rings is 1. The second-order valence-corrected chi connectivity index (χ2v) is 7.31. The van der Waals surface area contributed by atoms with Gasteiger partial charge in [-0.25, -0.2) is 4.98 Å². The number of thiazole rings is 1. The lowest BCUT2D eigenvalue weighted by atomic mass is 10.1. The summed E-state index contributed by atoms with van der Waals surface area (Å²) in [4.78, 5) is 6.05. The Morgan fingerprint density at radius 3 is 2.61 bits per heavy atom. The van der Waals surface area contributed by atoms with E-state index in [1.807, 2.05) is 19.1 Å². The van der Waals surface area contributed by atoms with Gasteiger partial charge in [0.15, 0.2) is 0 Å². The van der Waals surface area contributed by atoms with Crippen LogP contribution < -0.4 is 10.1 Å². The molecule has 0 aliphatic carbocycles. The van der Waals surface area contributed by atoms with E-state index in [1.165, 1.54) is 10.4 Å². The minimum absolute atomic E-state index is 0.245. The van der Waals surface area contributed by atoms with Gasteiger partial charge in [-0.2, -0.15) is 0 Å². The van der Waals surface area contributed by atoms with Gasteiger partial charge in [0.1, 0.15) is 10.8 Å². The maximum absolute atomic E-state index is 5.21. The molecule has 1 aromatic carbocycles. The topological polar surface area (TPSA) is 34.1 Å². The third kappa shape index (κ3) is 4.41. The van der Waals surface area contributed by atoms with Gasteiger partial charge in [0.2, 0.25) is 0 Å². The molecule has 2 aromatic heterocycles. The SMILES string of the molecule is COc1ccc(CN[C@H](Cc2cccs2)c2nc(C)cs2)cc1. The molecular weight excluding hydrogens is 324 g/mol. The molecule has 0 radical (unpaired) electrons. The largest absolute Gasteiger partial charge is 0.497 e. The van der Waals surface area contributed by atoms with Crippen LogP contribution in [0.25, 0.3) is 0 Å². The molecule has 0 aliphatic heterocycles. The predicted molar refractivity (Wildman–Crippen MR) is 97.4 cm³/mol. The van der Waals surface area contributed by atoms with Crippen molar-refractivity contribution >= 4 is 22.7 Å². The third-order valence-electron chi connectivity index (χ3n) is 3.63. The van der Waals surface area contributed by atoms with Crippen molar-refractivity contribution in [3.63, 3.8) is 0 Å². The molecular formula is C18H20N2OS2. The highest BCUT2D eigenvalue weighted by molar-refractivity contribution is 7.10. The average molecular weight is 345 g/mol. The van der Waals surface area contributed by atoms with Crippen LogP contribution in [0.3, 0.4) is 0 Å². The van der Waals surface area contributed by atoms with Crippen LogP contribution in [0.5, 0.6) is 5.75 Å². The molecule has 1 N–H and O–H groups in total. The number of aromatic nitrogens is 1. The number of nitrogens with zero attached hydrogens (tertiary/aromatic N) is 1. The molecule has 2 heterocycles. The van der Waals surface area contributed by atoms with Crippen molar-refractivity contribution in [1.82, 2.24) is 10.3 Å². The van der Waals surface area contributed by atoms with Crippen molar-refractivity contribution in [3.8, 4) is 5.75 Å². The Morgan fingerprint density at radius 1 is 1.17 bits per heavy atom. The Balaban J connectivity index is 1.70. The molecule has 23 heavy (non-hydrogen) atoms. The van der Waals surface area contributed by atoms with Gasteiger partial charge >= 0.3 is 0 Å². The molecule has 0 aliphatic rings. The molecule has 120 valence electrons. The van der Waals surface area contributed by atoms with Crippen LogP contribution in [0.4, 0.5) is 0 Å². The van der Waals surface area contributed by atoms with Gasteiger partial charge in [-0.3, -0.25) is 0 Å². The zero-order chi connectivity index (χ0) is 16.1. The first-order chi connectivity index (χ1) is 11.2. The van der Waals surface area contributed by atoms with Crippen LogP contribution in [0.2, 0.25) is 0 Å². The van der Waals surface area contributed by atoms with E-state index in [2.05, 4.69) is 45.3 Å². The second kappa shape index (κ2) is 7.73. The van der Waals surface area contributed by atoms with Crippen LogP contribution in [0.15, 0.2) is 47.2 Å². The van der Waals surface area contributed by atoms with Crippen LogP contribution in [-0.4, -0.2) is 12.1 Å². The number of aryl methyl sites for hydroxylation is 1. The first-order valence-corrected chi connectivity index (χ1v) is 9.31. The first kappa shape index (κ1) is 16.2. The summed E-state index contributed by atoms with van der Waals surface area (Å²) in [6, 6.07) is 12.7. The fraction of sp³-hybridized carbons (Fsp3) is 0.278. The number of nitrogens with one attached hydrogen (secondary N) is 1. The summed E-state index contributed by atoms with van der Waals surface area (Å²) in [6.45, 7) is 2.87. The number of rotatable bonds is 7. The van der Waals surface area contributed by atoms with E-state index in [9.17, 15) is 0 Å². The molecule has 1 atom stereocenters. The van der Waals surface area contributed by atoms with Crippen LogP contribution in [0.1, 0.15) is 27.2 Å². The number of methoxy groups -OCH3 is 1. The van der Waals surface area contributed by atoms with E-state index in [-0.39, 0.29) is 6.04 Å². The molecule has 0 spiro atoms. The van der Waals surface area contributed by atoms with Gasteiger partial charge in [-0.05, 0) is 36.1 Å². The summed E-state index contributed by atoms with van der Waals surface area (Å²) in [6.07, 6.45) is 0.973. The first-order valence-electron chi connectivity index (χ1n) is 7.55. The minimum atomic E-state index is 0.245. The summed E-state index contributed by atoms with van der Waals surface area (Å²) in [7, 11) is 1.69. The Morgan fingerprint density at radius 2 is 2.00 bits per heavy atom. The molecule has 0 saturated heterocycles. The van der Waals surface area contributed by atoms with E-state index < -0.39 is 0 Å². The molecule has 0 amide bonds. The van der Waals surface area contributed by atoms with Crippen molar-refractivity contribution in [2.45, 2.75) is 25.9 Å². The van der Waals surface area contributed by atoms with Crippen LogP contribution in [0, 0.1) is 6.92 Å². The lowest BCUT2D eigenvalue weighted by Gasteiger charge is -2.16. The number of ether oxygens (including phenoxy) is 1. The van der Waals surface area contributed by atoms with E-state index in [0.717, 1.165) is 29.4 Å². The molecule has 3 nitrogen and oxygen atoms in total. The fourth-order valence-electron chi connectivity index (χ4n) is 2.39. The van der Waals surface area contributed by atoms with Gasteiger partial charge in [-0.1, -0.05) is 18.2 Å². The van der Waals surface area contributed by atoms with Crippen molar-refractivity contribution in [2.24, 2.45) is 0 Å². The van der Waals surface area contributed by atoms with E-state index in [4.69, 9.17) is 4.74 Å². The minimum Gasteiger partial charge on any atom is -0.497 e. The Labute approximate surface area is 145 Å². The summed E-state index contributed by atoms with van der Waals surface area (Å²) in [5.74, 6) is 0.888. The van der Waals surface area contributed by atoms with Gasteiger partial charge in [-0.15, -0.1) is 22.7 Å². The monoisotopic (exact) mass is 344 g/mol. The van der Waals surface area contributed by atoms with Crippen molar-refractivity contribution in [2.75, 3.05) is 7.11 Å². The standard InChI is InChI=1S/C18H20N2OS2/c1-13-12-23-18(20-13)17(10-16-4-3-9-22-16)19-11-14-5-7-15(21-2)8-6-14/h3-9,12,17,19H,10-11H2,1-2H3/t17-/m1/s1. The average Bonchev–Trinajstić information content (AvgIpc) is 3.23. The zero-order valence-electron chi connectivity index (χ0n) is 13.3. The molecule has 0 unspecified atom stereocenters. The fourth-order valence-corrected chi connectivity index (χ4v) is 4.02. The highest BCUT2D eigenvalue weighted by Crippen LogP contribution is 2.24. The smallest absolute Gasteiger partial charge is 0.118 e. The van der Waals surface area contributed by atoms with Crippen molar-refractivity contribution in [1.29, 1.82) is 0 Å². The molecule has 0 saturated carbocycles. The maximum atomic E-state index is 5.21. The van der Waals surface area contributed by atoms with Gasteiger partial charge in [0.05, 0.1) is 13.2 Å². The predicted octanol–water partition coefficient (Wildman–Crippen LogP) is 4.60. The maximum Gasteiger partial charge on any atom is 0.118 e. The van der Waals surface area contributed by atoms with E-state index in [0.29, 0.717) is 0 Å². The summed E-state index contributed by atoms with van der Waals surface area (Å²) >= 11 is 3.53. The summed E-state index contributed by atoms with van der Waals surface area (Å²) in [5.41, 5.74) is 2.34. The molecule has 0 bridgehead atoms. The molecule has 3 rings (SSSR count). The zero-order valence-corrected chi connectivity index (χ0v) is 14.9. The van der Waals surface area contributed by atoms with Gasteiger partial charge in [0.25, 0.3) is 0 Å². The Hall–Kier alpha value is -1.69. The van der Waals surface area contributed by atoms with Gasteiger partial charge < -0.3 is 10.1 Å². The third-order valence-corrected chi connectivity index (χ3v) is 5.61. The molecule has 5 heteroatoms. The lowest BCUT2D eigenvalue weighted by Crippen LogP contribution is -2.22.